The molecule has 0 fully saturated rings. The summed E-state index contributed by atoms with van der Waals surface area (Å²) in [6.07, 6.45) is 5.84. The molecule has 4 nitrogen and oxygen atoms in total. The molecule has 0 saturated heterocycles. The van der Waals surface area contributed by atoms with Gasteiger partial charge in [0, 0.05) is 0 Å². The number of ether oxygens (including phenoxy) is 1. The van der Waals surface area contributed by atoms with E-state index in [1.165, 1.54) is 0 Å². The number of unbranched alkanes of at least 4 members (excludes halogenated alkanes) is 3. The van der Waals surface area contributed by atoms with Crippen molar-refractivity contribution in [1.82, 2.24) is 0 Å². The summed E-state index contributed by atoms with van der Waals surface area (Å²) in [5.41, 5.74) is 0. The second-order valence-corrected chi connectivity index (χ2v) is 4.15. The zero-order valence-corrected chi connectivity index (χ0v) is 11.2. The third-order valence-corrected chi connectivity index (χ3v) is 2.50. The quantitative estimate of drug-likeness (QED) is 0.288. The van der Waals surface area contributed by atoms with Crippen molar-refractivity contribution >= 4 is 0 Å². The van der Waals surface area contributed by atoms with Crippen molar-refractivity contribution in [3.05, 3.63) is 36.9 Å². The molecule has 0 heterocycles. The predicted molar refractivity (Wildman–Crippen MR) is 74.2 cm³/mol. The van der Waals surface area contributed by atoms with E-state index >= 15 is 0 Å². The third kappa shape index (κ3) is 8.24. The normalized spacial score (nSPS) is 10.3. The van der Waals surface area contributed by atoms with Gasteiger partial charge in [-0.15, -0.1) is 6.58 Å². The predicted octanol–water partition coefficient (Wildman–Crippen LogP) is 3.47. The van der Waals surface area contributed by atoms with E-state index < -0.39 is 0 Å². The number of aromatic hydroxyl groups is 1. The zero-order chi connectivity index (χ0) is 13.8. The van der Waals surface area contributed by atoms with Gasteiger partial charge in [-0.1, -0.05) is 12.5 Å². The van der Waals surface area contributed by atoms with Crippen molar-refractivity contribution in [3.63, 3.8) is 0 Å². The summed E-state index contributed by atoms with van der Waals surface area (Å²) in [4.78, 5) is 9.75. The highest BCUT2D eigenvalue weighted by atomic mass is 17.2. The number of hydrogen-bond donors (Lipinski definition) is 1. The summed E-state index contributed by atoms with van der Waals surface area (Å²) >= 11 is 0. The summed E-state index contributed by atoms with van der Waals surface area (Å²) in [6.45, 7) is 5.27. The van der Waals surface area contributed by atoms with Gasteiger partial charge in [-0.2, -0.15) is 0 Å². The number of rotatable bonds is 11. The highest BCUT2D eigenvalue weighted by molar-refractivity contribution is 5.29. The van der Waals surface area contributed by atoms with Gasteiger partial charge >= 0.3 is 0 Å². The Balaban J connectivity index is 1.88. The Morgan fingerprint density at radius 2 is 1.63 bits per heavy atom. The number of benzene rings is 1. The Bertz CT molecular complexity index is 335. The first-order valence-corrected chi connectivity index (χ1v) is 6.60. The standard InChI is InChI=1S/C15H22O4/c1-2-11-18-19-13-6-4-3-5-12-17-15-9-7-14(16)8-10-15/h2,7-10,16H,1,3-6,11-13H2. The molecule has 1 aromatic rings. The fourth-order valence-corrected chi connectivity index (χ4v) is 1.50. The van der Waals surface area contributed by atoms with E-state index in [1.807, 2.05) is 0 Å². The van der Waals surface area contributed by atoms with Crippen LogP contribution in [0.15, 0.2) is 36.9 Å². The molecule has 0 unspecified atom stereocenters. The Hall–Kier alpha value is -1.52. The molecule has 0 aliphatic heterocycles. The van der Waals surface area contributed by atoms with E-state index in [1.54, 1.807) is 30.3 Å². The number of hydrogen-bond acceptors (Lipinski definition) is 4. The van der Waals surface area contributed by atoms with E-state index in [0.29, 0.717) is 19.8 Å². The molecule has 1 rings (SSSR count). The zero-order valence-electron chi connectivity index (χ0n) is 11.2. The molecule has 106 valence electrons. The largest absolute Gasteiger partial charge is 0.508 e. The highest BCUT2D eigenvalue weighted by Crippen LogP contribution is 2.16. The average molecular weight is 266 g/mol. The number of phenolic OH excluding ortho intramolecular Hbond substituents is 1. The van der Waals surface area contributed by atoms with Crippen LogP contribution in [-0.2, 0) is 9.78 Å². The van der Waals surface area contributed by atoms with Crippen LogP contribution in [0.1, 0.15) is 25.7 Å². The van der Waals surface area contributed by atoms with Crippen molar-refractivity contribution in [2.45, 2.75) is 25.7 Å². The molecule has 1 N–H and O–H groups in total. The lowest BCUT2D eigenvalue weighted by Crippen LogP contribution is -1.99. The molecule has 0 aliphatic carbocycles. The van der Waals surface area contributed by atoms with Gasteiger partial charge in [0.1, 0.15) is 18.1 Å². The van der Waals surface area contributed by atoms with Crippen LogP contribution in [0, 0.1) is 0 Å². The maximum Gasteiger partial charge on any atom is 0.119 e. The molecule has 1 aromatic carbocycles. The van der Waals surface area contributed by atoms with Crippen molar-refractivity contribution in [1.29, 1.82) is 0 Å². The maximum absolute atomic E-state index is 9.12. The third-order valence-electron chi connectivity index (χ3n) is 2.50. The van der Waals surface area contributed by atoms with Crippen LogP contribution >= 0.6 is 0 Å². The molecule has 0 aliphatic rings. The van der Waals surface area contributed by atoms with Crippen molar-refractivity contribution in [2.24, 2.45) is 0 Å². The maximum atomic E-state index is 9.12. The van der Waals surface area contributed by atoms with Crippen LogP contribution in [0.2, 0.25) is 0 Å². The van der Waals surface area contributed by atoms with Crippen LogP contribution in [0.5, 0.6) is 11.5 Å². The van der Waals surface area contributed by atoms with Crippen LogP contribution < -0.4 is 4.74 Å². The summed E-state index contributed by atoms with van der Waals surface area (Å²) < 4.78 is 5.54. The molecule has 19 heavy (non-hydrogen) atoms. The molecule has 0 radical (unpaired) electrons. The van der Waals surface area contributed by atoms with Gasteiger partial charge in [-0.25, -0.2) is 9.78 Å². The molecule has 0 spiro atoms. The summed E-state index contributed by atoms with van der Waals surface area (Å²) in [5.74, 6) is 1.05. The van der Waals surface area contributed by atoms with Crippen LogP contribution in [0.25, 0.3) is 0 Å². The Morgan fingerprint density at radius 3 is 2.32 bits per heavy atom. The molecular weight excluding hydrogens is 244 g/mol. The topological polar surface area (TPSA) is 47.9 Å². The van der Waals surface area contributed by atoms with Crippen molar-refractivity contribution in [2.75, 3.05) is 19.8 Å². The van der Waals surface area contributed by atoms with Gasteiger partial charge in [0.2, 0.25) is 0 Å². The molecule has 0 saturated carbocycles. The van der Waals surface area contributed by atoms with E-state index in [2.05, 4.69) is 6.58 Å². The van der Waals surface area contributed by atoms with Crippen LogP contribution in [0.4, 0.5) is 0 Å². The van der Waals surface area contributed by atoms with Gasteiger partial charge in [-0.05, 0) is 43.5 Å². The first-order chi connectivity index (χ1) is 9.33. The van der Waals surface area contributed by atoms with Gasteiger partial charge in [0.05, 0.1) is 13.2 Å². The fraction of sp³-hybridized carbons (Fsp3) is 0.467. The summed E-state index contributed by atoms with van der Waals surface area (Å²) in [6, 6.07) is 6.77. The summed E-state index contributed by atoms with van der Waals surface area (Å²) in [7, 11) is 0. The van der Waals surface area contributed by atoms with Gasteiger partial charge in [-0.3, -0.25) is 0 Å². The van der Waals surface area contributed by atoms with Gasteiger partial charge in [0.15, 0.2) is 0 Å². The molecule has 0 amide bonds. The minimum absolute atomic E-state index is 0.256. The van der Waals surface area contributed by atoms with E-state index in [0.717, 1.165) is 31.4 Å². The van der Waals surface area contributed by atoms with E-state index in [-0.39, 0.29) is 5.75 Å². The lowest BCUT2D eigenvalue weighted by molar-refractivity contribution is -0.286. The number of phenols is 1. The van der Waals surface area contributed by atoms with E-state index in [9.17, 15) is 0 Å². The Labute approximate surface area is 114 Å². The molecular formula is C15H22O4. The summed E-state index contributed by atoms with van der Waals surface area (Å²) in [5, 5.41) is 9.12. The minimum atomic E-state index is 0.256. The molecule has 4 heteroatoms. The van der Waals surface area contributed by atoms with E-state index in [4.69, 9.17) is 19.6 Å². The second-order valence-electron chi connectivity index (χ2n) is 4.15. The lowest BCUT2D eigenvalue weighted by Gasteiger charge is -2.06. The average Bonchev–Trinajstić information content (AvgIpc) is 2.43. The lowest BCUT2D eigenvalue weighted by atomic mass is 10.2. The first-order valence-electron chi connectivity index (χ1n) is 6.60. The molecule has 0 bridgehead atoms. The monoisotopic (exact) mass is 266 g/mol. The Kier molecular flexibility index (Phi) is 8.51. The minimum Gasteiger partial charge on any atom is -0.508 e. The highest BCUT2D eigenvalue weighted by Gasteiger charge is 1.95. The fourth-order valence-electron chi connectivity index (χ4n) is 1.50. The van der Waals surface area contributed by atoms with Crippen LogP contribution in [-0.4, -0.2) is 24.9 Å². The smallest absolute Gasteiger partial charge is 0.119 e. The SMILES string of the molecule is C=CCOOCCCCCCOc1ccc(O)cc1. The van der Waals surface area contributed by atoms with Gasteiger partial charge < -0.3 is 9.84 Å². The van der Waals surface area contributed by atoms with Gasteiger partial charge in [0.25, 0.3) is 0 Å². The second kappa shape index (κ2) is 10.4. The first kappa shape index (κ1) is 15.5. The van der Waals surface area contributed by atoms with Crippen molar-refractivity contribution < 1.29 is 19.6 Å². The molecule has 0 aromatic heterocycles. The molecule has 0 atom stereocenters. The Morgan fingerprint density at radius 1 is 0.947 bits per heavy atom. The van der Waals surface area contributed by atoms with Crippen molar-refractivity contribution in [3.8, 4) is 11.5 Å². The van der Waals surface area contributed by atoms with Crippen LogP contribution in [0.3, 0.4) is 0 Å².